The molecule has 1 saturated heterocycles. The summed E-state index contributed by atoms with van der Waals surface area (Å²) in [6.07, 6.45) is 8.47. The zero-order valence-electron chi connectivity index (χ0n) is 22.5. The van der Waals surface area contributed by atoms with Crippen molar-refractivity contribution in [1.29, 1.82) is 0 Å². The third kappa shape index (κ3) is 6.20. The first-order chi connectivity index (χ1) is 18.5. The van der Waals surface area contributed by atoms with Gasteiger partial charge in [-0.15, -0.1) is 0 Å². The fourth-order valence-corrected chi connectivity index (χ4v) is 5.89. The molecule has 7 heteroatoms. The van der Waals surface area contributed by atoms with Gasteiger partial charge in [0.25, 0.3) is 0 Å². The minimum Gasteiger partial charge on any atom is -0.491 e. The number of hydrogen-bond acceptors (Lipinski definition) is 4. The molecule has 38 heavy (non-hydrogen) atoms. The molecule has 0 unspecified atom stereocenters. The number of piperidine rings is 1. The number of unbranched alkanes of at least 4 members (excludes halogenated alkanes) is 1. The van der Waals surface area contributed by atoms with Crippen LogP contribution in [0.4, 0.5) is 0 Å². The topological polar surface area (TPSA) is 87.3 Å². The lowest BCUT2D eigenvalue weighted by Gasteiger charge is -2.41. The fraction of sp³-hybridized carbons (Fsp3) is 0.516. The smallest absolute Gasteiger partial charge is 0.226 e. The van der Waals surface area contributed by atoms with E-state index in [9.17, 15) is 9.59 Å². The second-order valence-corrected chi connectivity index (χ2v) is 11.1. The number of carbonyl (C=O) groups is 2. The van der Waals surface area contributed by atoms with Crippen molar-refractivity contribution in [3.05, 3.63) is 59.9 Å². The Morgan fingerprint density at radius 3 is 2.68 bits per heavy atom. The Hall–Kier alpha value is -3.35. The molecule has 0 saturated carbocycles. The predicted octanol–water partition coefficient (Wildman–Crippen LogP) is 5.19. The molecular weight excluding hydrogens is 476 g/mol. The van der Waals surface area contributed by atoms with Crippen molar-refractivity contribution in [3.63, 3.8) is 0 Å². The highest BCUT2D eigenvalue weighted by atomic mass is 16.5. The highest BCUT2D eigenvalue weighted by Gasteiger charge is 2.42. The van der Waals surface area contributed by atoms with Gasteiger partial charge in [-0.05, 0) is 75.6 Å². The van der Waals surface area contributed by atoms with E-state index in [1.54, 1.807) is 0 Å². The van der Waals surface area contributed by atoms with Crippen molar-refractivity contribution in [2.75, 3.05) is 19.7 Å². The lowest BCUT2D eigenvalue weighted by atomic mass is 9.73. The average Bonchev–Trinajstić information content (AvgIpc) is 3.35. The summed E-state index contributed by atoms with van der Waals surface area (Å²) in [5.74, 6) is 2.24. The van der Waals surface area contributed by atoms with Crippen LogP contribution in [0.15, 0.2) is 48.5 Å². The number of fused-ring (bicyclic) bond motifs is 2. The molecule has 2 N–H and O–H groups in total. The summed E-state index contributed by atoms with van der Waals surface area (Å²) in [5, 5.41) is 3.22. The first-order valence-corrected chi connectivity index (χ1v) is 14.3. The second kappa shape index (κ2) is 12.0. The molecule has 7 nitrogen and oxygen atoms in total. The SMILES string of the molecule is C[C@@H]1COc2ccccc2CCCCC2(CCN(C(=O)CCCCc3nc4ccccc4[nH]3)CC2)C(=O)N1. The lowest BCUT2D eigenvalue weighted by Crippen LogP contribution is -2.52. The molecule has 1 fully saturated rings. The molecule has 5 rings (SSSR count). The van der Waals surface area contributed by atoms with Gasteiger partial charge >= 0.3 is 0 Å². The Morgan fingerprint density at radius 2 is 1.84 bits per heavy atom. The number of aromatic nitrogens is 2. The van der Waals surface area contributed by atoms with E-state index in [-0.39, 0.29) is 17.9 Å². The van der Waals surface area contributed by atoms with Crippen LogP contribution in [0.5, 0.6) is 5.75 Å². The number of likely N-dealkylation sites (tertiary alicyclic amines) is 1. The second-order valence-electron chi connectivity index (χ2n) is 11.1. The molecular formula is C31H40N4O3. The summed E-state index contributed by atoms with van der Waals surface area (Å²) < 4.78 is 6.06. The van der Waals surface area contributed by atoms with Crippen LogP contribution in [0.25, 0.3) is 11.0 Å². The maximum atomic E-state index is 13.5. The summed E-state index contributed by atoms with van der Waals surface area (Å²) >= 11 is 0. The van der Waals surface area contributed by atoms with Crippen molar-refractivity contribution >= 4 is 22.8 Å². The highest BCUT2D eigenvalue weighted by Crippen LogP contribution is 2.38. The van der Waals surface area contributed by atoms with Crippen molar-refractivity contribution < 1.29 is 14.3 Å². The molecule has 2 aliphatic heterocycles. The first kappa shape index (κ1) is 26.3. The van der Waals surface area contributed by atoms with Gasteiger partial charge in [0.1, 0.15) is 18.2 Å². The molecule has 0 aliphatic carbocycles. The molecule has 2 aliphatic rings. The van der Waals surface area contributed by atoms with Crippen LogP contribution in [-0.4, -0.2) is 52.4 Å². The van der Waals surface area contributed by atoms with Gasteiger partial charge in [0.2, 0.25) is 11.8 Å². The van der Waals surface area contributed by atoms with Gasteiger partial charge < -0.3 is 19.9 Å². The number of aromatic amines is 1. The first-order valence-electron chi connectivity index (χ1n) is 14.3. The number of para-hydroxylation sites is 3. The van der Waals surface area contributed by atoms with Crippen LogP contribution in [0.1, 0.15) is 69.7 Å². The van der Waals surface area contributed by atoms with Crippen LogP contribution >= 0.6 is 0 Å². The zero-order chi connectivity index (χ0) is 26.4. The Labute approximate surface area is 225 Å². The van der Waals surface area contributed by atoms with E-state index in [1.165, 1.54) is 5.56 Å². The summed E-state index contributed by atoms with van der Waals surface area (Å²) in [5.41, 5.74) is 2.89. The van der Waals surface area contributed by atoms with Gasteiger partial charge in [-0.2, -0.15) is 0 Å². The molecule has 1 aromatic heterocycles. The number of ether oxygens (including phenoxy) is 1. The molecule has 3 heterocycles. The van der Waals surface area contributed by atoms with Gasteiger partial charge in [-0.3, -0.25) is 9.59 Å². The highest BCUT2D eigenvalue weighted by molar-refractivity contribution is 5.84. The van der Waals surface area contributed by atoms with Crippen LogP contribution in [0.3, 0.4) is 0 Å². The molecule has 0 radical (unpaired) electrons. The number of nitrogens with zero attached hydrogens (tertiary/aromatic N) is 2. The van der Waals surface area contributed by atoms with Gasteiger partial charge in [-0.1, -0.05) is 36.8 Å². The summed E-state index contributed by atoms with van der Waals surface area (Å²) in [4.78, 5) is 36.4. The van der Waals surface area contributed by atoms with E-state index >= 15 is 0 Å². The number of rotatable bonds is 5. The van der Waals surface area contributed by atoms with Crippen molar-refractivity contribution in [1.82, 2.24) is 20.2 Å². The largest absolute Gasteiger partial charge is 0.491 e. The number of nitrogens with one attached hydrogen (secondary N) is 2. The molecule has 0 bridgehead atoms. The Bertz CT molecular complexity index is 1210. The van der Waals surface area contributed by atoms with Crippen LogP contribution in [0.2, 0.25) is 0 Å². The number of benzene rings is 2. The minimum absolute atomic E-state index is 0.0710. The summed E-state index contributed by atoms with van der Waals surface area (Å²) in [6, 6.07) is 16.2. The number of carbonyl (C=O) groups excluding carboxylic acids is 2. The van der Waals surface area contributed by atoms with E-state index in [1.807, 2.05) is 48.2 Å². The Kier molecular flexibility index (Phi) is 8.30. The van der Waals surface area contributed by atoms with Gasteiger partial charge in [0, 0.05) is 25.9 Å². The zero-order valence-corrected chi connectivity index (χ0v) is 22.5. The van der Waals surface area contributed by atoms with E-state index in [2.05, 4.69) is 27.4 Å². The van der Waals surface area contributed by atoms with Crippen molar-refractivity contribution in [2.45, 2.75) is 77.2 Å². The molecule has 202 valence electrons. The minimum atomic E-state index is -0.398. The number of imidazole rings is 1. The molecule has 1 spiro atoms. The third-order valence-corrected chi connectivity index (χ3v) is 8.24. The van der Waals surface area contributed by atoms with E-state index < -0.39 is 5.41 Å². The van der Waals surface area contributed by atoms with E-state index in [4.69, 9.17) is 4.74 Å². The maximum absolute atomic E-state index is 13.5. The van der Waals surface area contributed by atoms with Crippen LogP contribution < -0.4 is 10.1 Å². The maximum Gasteiger partial charge on any atom is 0.226 e. The van der Waals surface area contributed by atoms with Crippen molar-refractivity contribution in [3.8, 4) is 5.75 Å². The standard InChI is InChI=1S/C31H40N4O3/c1-23-22-38-27-14-5-2-10-24(27)11-8-9-17-31(30(37)32-23)18-20-35(21-19-31)29(36)16-7-6-15-28-33-25-12-3-4-13-26(25)34-28/h2-5,10,12-14,23H,6-9,11,15-22H2,1H3,(H,32,37)(H,33,34)/t23-/m1/s1. The van der Waals surface area contributed by atoms with Crippen molar-refractivity contribution in [2.24, 2.45) is 5.41 Å². The monoisotopic (exact) mass is 516 g/mol. The Balaban J connectivity index is 1.11. The van der Waals surface area contributed by atoms with Gasteiger partial charge in [0.15, 0.2) is 0 Å². The van der Waals surface area contributed by atoms with Crippen LogP contribution in [0, 0.1) is 5.41 Å². The summed E-state index contributed by atoms with van der Waals surface area (Å²) in [7, 11) is 0. The number of H-pyrrole nitrogens is 1. The van der Waals surface area contributed by atoms with E-state index in [0.717, 1.165) is 80.4 Å². The number of amides is 2. The average molecular weight is 517 g/mol. The van der Waals surface area contributed by atoms with E-state index in [0.29, 0.717) is 26.1 Å². The third-order valence-electron chi connectivity index (χ3n) is 8.24. The molecule has 2 amide bonds. The molecule has 3 aromatic rings. The molecule has 2 aromatic carbocycles. The fourth-order valence-electron chi connectivity index (χ4n) is 5.89. The predicted molar refractivity (Wildman–Crippen MR) is 149 cm³/mol. The lowest BCUT2D eigenvalue weighted by molar-refractivity contribution is -0.141. The van der Waals surface area contributed by atoms with Crippen LogP contribution in [-0.2, 0) is 22.4 Å². The quantitative estimate of drug-likeness (QED) is 0.457. The number of hydrogen-bond donors (Lipinski definition) is 2. The van der Waals surface area contributed by atoms with Gasteiger partial charge in [0.05, 0.1) is 22.5 Å². The number of aryl methyl sites for hydroxylation is 2. The normalized spacial score (nSPS) is 20.2. The van der Waals surface area contributed by atoms with Gasteiger partial charge in [-0.25, -0.2) is 4.98 Å². The summed E-state index contributed by atoms with van der Waals surface area (Å²) in [6.45, 7) is 3.77. The Morgan fingerprint density at radius 1 is 1.05 bits per heavy atom. The molecule has 1 atom stereocenters.